The Labute approximate surface area is 113 Å². The van der Waals surface area contributed by atoms with E-state index in [1.54, 1.807) is 6.92 Å². The summed E-state index contributed by atoms with van der Waals surface area (Å²) in [6.45, 7) is 4.68. The molecule has 1 heterocycles. The lowest BCUT2D eigenvalue weighted by Crippen LogP contribution is -2.13. The van der Waals surface area contributed by atoms with Crippen molar-refractivity contribution in [3.8, 4) is 11.3 Å². The number of hydrogen-bond donors (Lipinski definition) is 1. The Hall–Kier alpha value is -1.68. The second-order valence-electron chi connectivity index (χ2n) is 4.84. The summed E-state index contributed by atoms with van der Waals surface area (Å²) in [5.41, 5.74) is 3.73. The molecule has 0 saturated carbocycles. The summed E-state index contributed by atoms with van der Waals surface area (Å²) >= 11 is 0. The van der Waals surface area contributed by atoms with Gasteiger partial charge in [-0.25, -0.2) is 9.37 Å². The molecule has 1 aromatic heterocycles. The number of rotatable bonds is 4. The van der Waals surface area contributed by atoms with Gasteiger partial charge in [0.15, 0.2) is 0 Å². The van der Waals surface area contributed by atoms with Crippen LogP contribution in [-0.4, -0.2) is 23.1 Å². The third-order valence-corrected chi connectivity index (χ3v) is 3.39. The van der Waals surface area contributed by atoms with Crippen molar-refractivity contribution in [1.82, 2.24) is 14.9 Å². The van der Waals surface area contributed by atoms with Gasteiger partial charge in [0.25, 0.3) is 0 Å². The Morgan fingerprint density at radius 2 is 2.05 bits per heavy atom. The van der Waals surface area contributed by atoms with Gasteiger partial charge in [-0.3, -0.25) is 0 Å². The highest BCUT2D eigenvalue weighted by molar-refractivity contribution is 5.63. The predicted molar refractivity (Wildman–Crippen MR) is 75.7 cm³/mol. The molecule has 3 nitrogen and oxygen atoms in total. The molecule has 0 aliphatic rings. The molecule has 0 fully saturated rings. The molecule has 19 heavy (non-hydrogen) atoms. The molecule has 2 aromatic rings. The Bertz CT molecular complexity index is 587. The zero-order valence-corrected chi connectivity index (χ0v) is 11.9. The Morgan fingerprint density at radius 3 is 2.68 bits per heavy atom. The highest BCUT2D eigenvalue weighted by Gasteiger charge is 2.13. The van der Waals surface area contributed by atoms with Crippen LogP contribution in [-0.2, 0) is 13.5 Å². The van der Waals surface area contributed by atoms with Crippen molar-refractivity contribution >= 4 is 0 Å². The van der Waals surface area contributed by atoms with Gasteiger partial charge in [0.2, 0.25) is 0 Å². The molecule has 0 saturated heterocycles. The van der Waals surface area contributed by atoms with Crippen molar-refractivity contribution in [3.05, 3.63) is 41.1 Å². The van der Waals surface area contributed by atoms with Crippen molar-refractivity contribution in [2.45, 2.75) is 20.3 Å². The largest absolute Gasteiger partial charge is 0.331 e. The molecule has 0 unspecified atom stereocenters. The highest BCUT2D eigenvalue weighted by Crippen LogP contribution is 2.25. The second kappa shape index (κ2) is 5.53. The van der Waals surface area contributed by atoms with Crippen LogP contribution in [0.2, 0.25) is 0 Å². The van der Waals surface area contributed by atoms with Crippen LogP contribution in [0, 0.1) is 19.7 Å². The number of hydrogen-bond acceptors (Lipinski definition) is 2. The Balaban J connectivity index is 2.44. The smallest absolute Gasteiger partial charge is 0.126 e. The zero-order valence-electron chi connectivity index (χ0n) is 11.9. The fourth-order valence-electron chi connectivity index (χ4n) is 2.35. The van der Waals surface area contributed by atoms with Crippen molar-refractivity contribution in [1.29, 1.82) is 0 Å². The van der Waals surface area contributed by atoms with E-state index >= 15 is 0 Å². The van der Waals surface area contributed by atoms with Crippen molar-refractivity contribution in [2.75, 3.05) is 13.6 Å². The normalized spacial score (nSPS) is 11.0. The van der Waals surface area contributed by atoms with Crippen LogP contribution in [0.1, 0.15) is 17.1 Å². The maximum absolute atomic E-state index is 13.4. The topological polar surface area (TPSA) is 29.9 Å². The third kappa shape index (κ3) is 2.68. The minimum Gasteiger partial charge on any atom is -0.331 e. The lowest BCUT2D eigenvalue weighted by atomic mass is 10.1. The maximum Gasteiger partial charge on any atom is 0.126 e. The summed E-state index contributed by atoms with van der Waals surface area (Å²) in [4.78, 5) is 4.61. The minimum absolute atomic E-state index is 0.168. The first-order valence-electron chi connectivity index (χ1n) is 6.48. The fraction of sp³-hybridized carbons (Fsp3) is 0.400. The molecule has 4 heteroatoms. The number of aryl methyl sites for hydroxylation is 2. The van der Waals surface area contributed by atoms with Crippen LogP contribution < -0.4 is 5.32 Å². The third-order valence-electron chi connectivity index (χ3n) is 3.39. The molecule has 1 aromatic carbocycles. The van der Waals surface area contributed by atoms with Gasteiger partial charge in [0.1, 0.15) is 11.6 Å². The van der Waals surface area contributed by atoms with E-state index in [4.69, 9.17) is 0 Å². The van der Waals surface area contributed by atoms with Crippen LogP contribution >= 0.6 is 0 Å². The summed E-state index contributed by atoms with van der Waals surface area (Å²) in [6, 6.07) is 5.21. The molecular formula is C15H20FN3. The Kier molecular flexibility index (Phi) is 4.00. The van der Waals surface area contributed by atoms with E-state index < -0.39 is 0 Å². The number of nitrogens with zero attached hydrogens (tertiary/aromatic N) is 2. The van der Waals surface area contributed by atoms with Gasteiger partial charge in [-0.1, -0.05) is 0 Å². The van der Waals surface area contributed by atoms with Crippen LogP contribution in [0.3, 0.4) is 0 Å². The van der Waals surface area contributed by atoms with Crippen LogP contribution in [0.15, 0.2) is 18.2 Å². The molecule has 0 spiro atoms. The summed E-state index contributed by atoms with van der Waals surface area (Å²) in [6.07, 6.45) is 0.883. The summed E-state index contributed by atoms with van der Waals surface area (Å²) in [5, 5.41) is 3.13. The van der Waals surface area contributed by atoms with Gasteiger partial charge in [0, 0.05) is 25.6 Å². The van der Waals surface area contributed by atoms with E-state index in [0.717, 1.165) is 35.7 Å². The fourth-order valence-corrected chi connectivity index (χ4v) is 2.35. The average Bonchev–Trinajstić information content (AvgIpc) is 2.65. The highest BCUT2D eigenvalue weighted by atomic mass is 19.1. The van der Waals surface area contributed by atoms with E-state index in [1.807, 2.05) is 33.2 Å². The zero-order chi connectivity index (χ0) is 14.0. The standard InChI is InChI=1S/C15H20FN3/c1-10-9-12(5-6-13(10)16)15-11(2)18-14(19(15)4)7-8-17-3/h5-6,9,17H,7-8H2,1-4H3. The number of halogens is 1. The van der Waals surface area contributed by atoms with Gasteiger partial charge in [0.05, 0.1) is 11.4 Å². The van der Waals surface area contributed by atoms with Gasteiger partial charge >= 0.3 is 0 Å². The first-order valence-corrected chi connectivity index (χ1v) is 6.48. The SMILES string of the molecule is CNCCc1nc(C)c(-c2ccc(F)c(C)c2)n1C. The molecule has 2 rings (SSSR count). The van der Waals surface area contributed by atoms with Crippen LogP contribution in [0.5, 0.6) is 0 Å². The summed E-state index contributed by atoms with van der Waals surface area (Å²) in [7, 11) is 3.94. The molecule has 0 amide bonds. The van der Waals surface area contributed by atoms with Gasteiger partial charge < -0.3 is 9.88 Å². The molecule has 0 bridgehead atoms. The van der Waals surface area contributed by atoms with E-state index in [0.29, 0.717) is 5.56 Å². The second-order valence-corrected chi connectivity index (χ2v) is 4.84. The quantitative estimate of drug-likeness (QED) is 0.917. The first-order chi connectivity index (χ1) is 9.04. The molecule has 0 atom stereocenters. The Morgan fingerprint density at radius 1 is 1.32 bits per heavy atom. The first kappa shape index (κ1) is 13.7. The van der Waals surface area contributed by atoms with Crippen molar-refractivity contribution in [2.24, 2.45) is 7.05 Å². The average molecular weight is 261 g/mol. The van der Waals surface area contributed by atoms with Gasteiger partial charge in [-0.2, -0.15) is 0 Å². The number of aromatic nitrogens is 2. The van der Waals surface area contributed by atoms with Crippen molar-refractivity contribution in [3.63, 3.8) is 0 Å². The number of imidazole rings is 1. The number of benzene rings is 1. The molecule has 0 aliphatic carbocycles. The van der Waals surface area contributed by atoms with Gasteiger partial charge in [-0.05, 0) is 44.7 Å². The molecule has 0 radical (unpaired) electrons. The molecule has 102 valence electrons. The van der Waals surface area contributed by atoms with E-state index in [2.05, 4.69) is 14.9 Å². The molecule has 1 N–H and O–H groups in total. The maximum atomic E-state index is 13.4. The van der Waals surface area contributed by atoms with E-state index in [-0.39, 0.29) is 5.82 Å². The predicted octanol–water partition coefficient (Wildman–Crippen LogP) is 2.60. The number of likely N-dealkylation sites (N-methyl/N-ethyl adjacent to an activating group) is 1. The molecule has 0 aliphatic heterocycles. The minimum atomic E-state index is -0.168. The van der Waals surface area contributed by atoms with Crippen molar-refractivity contribution < 1.29 is 4.39 Å². The van der Waals surface area contributed by atoms with E-state index in [1.165, 1.54) is 6.07 Å². The van der Waals surface area contributed by atoms with Crippen LogP contribution in [0.25, 0.3) is 11.3 Å². The molecular weight excluding hydrogens is 241 g/mol. The lowest BCUT2D eigenvalue weighted by Gasteiger charge is -2.08. The van der Waals surface area contributed by atoms with Crippen LogP contribution in [0.4, 0.5) is 4.39 Å². The summed E-state index contributed by atoms with van der Waals surface area (Å²) < 4.78 is 15.5. The number of nitrogens with one attached hydrogen (secondary N) is 1. The summed E-state index contributed by atoms with van der Waals surface area (Å²) in [5.74, 6) is 0.878. The van der Waals surface area contributed by atoms with Gasteiger partial charge in [-0.15, -0.1) is 0 Å². The monoisotopic (exact) mass is 261 g/mol. The lowest BCUT2D eigenvalue weighted by molar-refractivity contribution is 0.618. The van der Waals surface area contributed by atoms with E-state index in [9.17, 15) is 4.39 Å².